The molecule has 120 valence electrons. The summed E-state index contributed by atoms with van der Waals surface area (Å²) in [5, 5.41) is 5.18. The standard InChI is InChI=1S/C23H22O/c1-15-14-17-10-5-6-11-18(17)21-20-13-7-12-19(23(20)24-22(15)21)16-8-3-2-4-9-16/h5-7,10-14,16H,2-4,8-9H2,1H3. The summed E-state index contributed by atoms with van der Waals surface area (Å²) < 4.78 is 6.48. The molecule has 1 nitrogen and oxygen atoms in total. The minimum absolute atomic E-state index is 0.662. The highest BCUT2D eigenvalue weighted by Gasteiger charge is 2.21. The van der Waals surface area contributed by atoms with E-state index in [0.717, 1.165) is 11.2 Å². The lowest BCUT2D eigenvalue weighted by Crippen LogP contribution is -2.04. The van der Waals surface area contributed by atoms with Crippen molar-refractivity contribution in [1.29, 1.82) is 0 Å². The fourth-order valence-electron chi connectivity index (χ4n) is 4.57. The maximum absolute atomic E-state index is 6.48. The molecule has 0 amide bonds. The Labute approximate surface area is 142 Å². The van der Waals surface area contributed by atoms with Crippen molar-refractivity contribution in [2.75, 3.05) is 0 Å². The minimum Gasteiger partial charge on any atom is -0.455 e. The largest absolute Gasteiger partial charge is 0.455 e. The van der Waals surface area contributed by atoms with Gasteiger partial charge in [-0.3, -0.25) is 0 Å². The molecule has 1 aromatic heterocycles. The molecule has 4 aromatic rings. The lowest BCUT2D eigenvalue weighted by molar-refractivity contribution is 0.442. The number of hydrogen-bond acceptors (Lipinski definition) is 1. The summed E-state index contributed by atoms with van der Waals surface area (Å²) in [5.74, 6) is 0.662. The first kappa shape index (κ1) is 14.1. The van der Waals surface area contributed by atoms with Gasteiger partial charge in [-0.25, -0.2) is 0 Å². The van der Waals surface area contributed by atoms with Gasteiger partial charge in [-0.05, 0) is 53.6 Å². The van der Waals surface area contributed by atoms with Crippen molar-refractivity contribution in [2.45, 2.75) is 44.9 Å². The number of fused-ring (bicyclic) bond motifs is 5. The Hall–Kier alpha value is -2.28. The van der Waals surface area contributed by atoms with E-state index >= 15 is 0 Å². The quantitative estimate of drug-likeness (QED) is 0.365. The second-order valence-electron chi connectivity index (χ2n) is 7.28. The third-order valence-electron chi connectivity index (χ3n) is 5.75. The zero-order chi connectivity index (χ0) is 16.1. The first-order valence-corrected chi connectivity index (χ1v) is 9.16. The molecule has 1 saturated carbocycles. The van der Waals surface area contributed by atoms with E-state index in [2.05, 4.69) is 55.5 Å². The van der Waals surface area contributed by atoms with E-state index in [1.54, 1.807) is 0 Å². The molecule has 5 rings (SSSR count). The fourth-order valence-corrected chi connectivity index (χ4v) is 4.57. The minimum atomic E-state index is 0.662. The van der Waals surface area contributed by atoms with Crippen molar-refractivity contribution >= 4 is 32.7 Å². The highest BCUT2D eigenvalue weighted by Crippen LogP contribution is 2.42. The van der Waals surface area contributed by atoms with Crippen LogP contribution in [0.5, 0.6) is 0 Å². The molecule has 0 radical (unpaired) electrons. The zero-order valence-electron chi connectivity index (χ0n) is 14.1. The van der Waals surface area contributed by atoms with E-state index in [-0.39, 0.29) is 0 Å². The van der Waals surface area contributed by atoms with Gasteiger partial charge in [0.05, 0.1) is 0 Å². The maximum Gasteiger partial charge on any atom is 0.138 e. The van der Waals surface area contributed by atoms with Gasteiger partial charge >= 0.3 is 0 Å². The highest BCUT2D eigenvalue weighted by atomic mass is 16.3. The molecule has 3 aromatic carbocycles. The number of furan rings is 1. The normalized spacial score (nSPS) is 16.4. The van der Waals surface area contributed by atoms with Gasteiger partial charge in [-0.2, -0.15) is 0 Å². The fraction of sp³-hybridized carbons (Fsp3) is 0.304. The molecular weight excluding hydrogens is 292 g/mol. The Kier molecular flexibility index (Phi) is 3.16. The van der Waals surface area contributed by atoms with E-state index in [0.29, 0.717) is 5.92 Å². The van der Waals surface area contributed by atoms with Crippen LogP contribution >= 0.6 is 0 Å². The Morgan fingerprint density at radius 3 is 2.50 bits per heavy atom. The Bertz CT molecular complexity index is 1050. The summed E-state index contributed by atoms with van der Waals surface area (Å²) in [5.41, 5.74) is 4.84. The molecule has 0 unspecified atom stereocenters. The van der Waals surface area contributed by atoms with Gasteiger partial charge < -0.3 is 4.42 Å². The van der Waals surface area contributed by atoms with Gasteiger partial charge in [-0.1, -0.05) is 61.7 Å². The van der Waals surface area contributed by atoms with E-state index in [4.69, 9.17) is 4.42 Å². The van der Waals surface area contributed by atoms with E-state index in [1.807, 2.05) is 0 Å². The van der Waals surface area contributed by atoms with Crippen molar-refractivity contribution in [1.82, 2.24) is 0 Å². The van der Waals surface area contributed by atoms with Gasteiger partial charge in [0.2, 0.25) is 0 Å². The molecule has 1 aliphatic carbocycles. The second kappa shape index (κ2) is 5.37. The average Bonchev–Trinajstić information content (AvgIpc) is 3.03. The van der Waals surface area contributed by atoms with Crippen molar-refractivity contribution < 1.29 is 4.42 Å². The van der Waals surface area contributed by atoms with Crippen LogP contribution in [0, 0.1) is 6.92 Å². The molecule has 1 fully saturated rings. The number of benzene rings is 3. The van der Waals surface area contributed by atoms with Crippen LogP contribution in [0.25, 0.3) is 32.7 Å². The number of para-hydroxylation sites is 1. The topological polar surface area (TPSA) is 13.1 Å². The first-order chi connectivity index (χ1) is 11.8. The molecule has 1 aliphatic rings. The molecule has 0 spiro atoms. The molecule has 0 saturated heterocycles. The number of aryl methyl sites for hydroxylation is 1. The van der Waals surface area contributed by atoms with Crippen LogP contribution in [0.1, 0.15) is 49.1 Å². The number of hydrogen-bond donors (Lipinski definition) is 0. The van der Waals surface area contributed by atoms with Crippen molar-refractivity contribution in [3.8, 4) is 0 Å². The Morgan fingerprint density at radius 1 is 0.833 bits per heavy atom. The molecule has 1 heteroatoms. The predicted molar refractivity (Wildman–Crippen MR) is 102 cm³/mol. The number of rotatable bonds is 1. The van der Waals surface area contributed by atoms with Crippen LogP contribution < -0.4 is 0 Å². The van der Waals surface area contributed by atoms with Crippen LogP contribution in [-0.2, 0) is 0 Å². The molecular formula is C23H22O. The van der Waals surface area contributed by atoms with Crippen molar-refractivity contribution in [3.63, 3.8) is 0 Å². The van der Waals surface area contributed by atoms with E-state index in [1.165, 1.54) is 64.8 Å². The molecule has 0 N–H and O–H groups in total. The van der Waals surface area contributed by atoms with Crippen LogP contribution in [0.3, 0.4) is 0 Å². The predicted octanol–water partition coefficient (Wildman–Crippen LogP) is 7.10. The van der Waals surface area contributed by atoms with Crippen LogP contribution in [-0.4, -0.2) is 0 Å². The van der Waals surface area contributed by atoms with Crippen LogP contribution in [0.15, 0.2) is 52.9 Å². The summed E-state index contributed by atoms with van der Waals surface area (Å²) in [6, 6.07) is 17.7. The zero-order valence-corrected chi connectivity index (χ0v) is 14.1. The smallest absolute Gasteiger partial charge is 0.138 e. The summed E-state index contributed by atoms with van der Waals surface area (Å²) >= 11 is 0. The monoisotopic (exact) mass is 314 g/mol. The van der Waals surface area contributed by atoms with Crippen LogP contribution in [0.4, 0.5) is 0 Å². The summed E-state index contributed by atoms with van der Waals surface area (Å²) in [4.78, 5) is 0. The molecule has 1 heterocycles. The SMILES string of the molecule is Cc1cc2ccccc2c2c1oc1c(C3CCCCC3)cccc12. The van der Waals surface area contributed by atoms with Gasteiger partial charge in [0.1, 0.15) is 11.2 Å². The average molecular weight is 314 g/mol. The third-order valence-corrected chi connectivity index (χ3v) is 5.75. The third kappa shape index (κ3) is 2.00. The van der Waals surface area contributed by atoms with Crippen LogP contribution in [0.2, 0.25) is 0 Å². The maximum atomic E-state index is 6.48. The second-order valence-corrected chi connectivity index (χ2v) is 7.28. The molecule has 0 aliphatic heterocycles. The van der Waals surface area contributed by atoms with E-state index in [9.17, 15) is 0 Å². The lowest BCUT2D eigenvalue weighted by atomic mass is 9.83. The Morgan fingerprint density at radius 2 is 1.62 bits per heavy atom. The van der Waals surface area contributed by atoms with Gasteiger partial charge in [0, 0.05) is 10.8 Å². The molecule has 0 atom stereocenters. The highest BCUT2D eigenvalue weighted by molar-refractivity contribution is 6.20. The van der Waals surface area contributed by atoms with Crippen molar-refractivity contribution in [3.05, 3.63) is 59.7 Å². The lowest BCUT2D eigenvalue weighted by Gasteiger charge is -2.21. The summed E-state index contributed by atoms with van der Waals surface area (Å²) in [6.45, 7) is 2.16. The Balaban J connectivity index is 1.88. The van der Waals surface area contributed by atoms with Gasteiger partial charge in [0.25, 0.3) is 0 Å². The summed E-state index contributed by atoms with van der Waals surface area (Å²) in [7, 11) is 0. The first-order valence-electron chi connectivity index (χ1n) is 9.16. The van der Waals surface area contributed by atoms with Gasteiger partial charge in [-0.15, -0.1) is 0 Å². The molecule has 0 bridgehead atoms. The van der Waals surface area contributed by atoms with E-state index < -0.39 is 0 Å². The molecule has 24 heavy (non-hydrogen) atoms. The van der Waals surface area contributed by atoms with Crippen molar-refractivity contribution in [2.24, 2.45) is 0 Å². The summed E-state index contributed by atoms with van der Waals surface area (Å²) in [6.07, 6.45) is 6.69. The van der Waals surface area contributed by atoms with Gasteiger partial charge in [0.15, 0.2) is 0 Å².